The standard InChI is InChI=1S/C13H20N4Se/c1-12-14(2)8-10-16(12)6-4-5-7-17-11-9-15(3)13(17)18/h8-11H,1,4-7H2,2-3H3. The van der Waals surface area contributed by atoms with Crippen LogP contribution in [0.25, 0.3) is 0 Å². The number of hydrogen-bond acceptors (Lipinski definition) is 2. The molecule has 0 bridgehead atoms. The van der Waals surface area contributed by atoms with Crippen LogP contribution in [-0.2, 0) is 13.6 Å². The monoisotopic (exact) mass is 312 g/mol. The molecule has 2 rings (SSSR count). The second kappa shape index (κ2) is 5.63. The molecule has 0 unspecified atom stereocenters. The Kier molecular flexibility index (Phi) is 4.15. The van der Waals surface area contributed by atoms with Gasteiger partial charge in [-0.15, -0.1) is 0 Å². The Labute approximate surface area is 116 Å². The second-order valence-corrected chi connectivity index (χ2v) is 5.38. The summed E-state index contributed by atoms with van der Waals surface area (Å²) in [5.41, 5.74) is 0. The fourth-order valence-electron chi connectivity index (χ4n) is 2.00. The van der Waals surface area contributed by atoms with E-state index in [2.05, 4.69) is 61.8 Å². The van der Waals surface area contributed by atoms with Crippen molar-refractivity contribution in [2.45, 2.75) is 19.4 Å². The first-order valence-corrected chi connectivity index (χ1v) is 7.03. The van der Waals surface area contributed by atoms with Crippen LogP contribution in [0.3, 0.4) is 0 Å². The predicted octanol–water partition coefficient (Wildman–Crippen LogP) is 1.50. The van der Waals surface area contributed by atoms with Gasteiger partial charge in [-0.05, 0) is 0 Å². The van der Waals surface area contributed by atoms with E-state index in [1.54, 1.807) is 0 Å². The van der Waals surface area contributed by atoms with Crippen molar-refractivity contribution in [3.05, 3.63) is 41.5 Å². The van der Waals surface area contributed by atoms with Crippen LogP contribution in [0.5, 0.6) is 0 Å². The second-order valence-electron chi connectivity index (χ2n) is 4.61. The molecule has 0 amide bonds. The van der Waals surface area contributed by atoms with Crippen molar-refractivity contribution in [1.29, 1.82) is 0 Å². The fourth-order valence-corrected chi connectivity index (χ4v) is 2.45. The number of hydrogen-bond donors (Lipinski definition) is 0. The molecule has 1 aromatic rings. The van der Waals surface area contributed by atoms with E-state index in [9.17, 15) is 0 Å². The average Bonchev–Trinajstić information content (AvgIpc) is 2.83. The Morgan fingerprint density at radius 2 is 1.83 bits per heavy atom. The van der Waals surface area contributed by atoms with E-state index >= 15 is 0 Å². The Morgan fingerprint density at radius 3 is 2.39 bits per heavy atom. The predicted molar refractivity (Wildman–Crippen MR) is 74.4 cm³/mol. The summed E-state index contributed by atoms with van der Waals surface area (Å²) in [5.74, 6) is 1.06. The van der Waals surface area contributed by atoms with E-state index in [4.69, 9.17) is 0 Å². The number of imidazole rings is 1. The van der Waals surface area contributed by atoms with Crippen LogP contribution in [0.15, 0.2) is 37.2 Å². The molecule has 0 saturated carbocycles. The molecule has 0 fully saturated rings. The van der Waals surface area contributed by atoms with Crippen LogP contribution in [0.4, 0.5) is 0 Å². The first-order valence-electron chi connectivity index (χ1n) is 6.18. The normalized spacial score (nSPS) is 14.9. The minimum absolute atomic E-state index is 1.04. The van der Waals surface area contributed by atoms with Crippen LogP contribution in [0.1, 0.15) is 12.8 Å². The van der Waals surface area contributed by atoms with Crippen molar-refractivity contribution < 1.29 is 0 Å². The van der Waals surface area contributed by atoms with Crippen LogP contribution in [-0.4, -0.2) is 48.1 Å². The van der Waals surface area contributed by atoms with Crippen molar-refractivity contribution >= 4 is 15.6 Å². The quantitative estimate of drug-likeness (QED) is 0.605. The maximum atomic E-state index is 4.05. The average molecular weight is 311 g/mol. The van der Waals surface area contributed by atoms with E-state index < -0.39 is 0 Å². The van der Waals surface area contributed by atoms with Gasteiger partial charge in [0.2, 0.25) is 0 Å². The zero-order valence-corrected chi connectivity index (χ0v) is 12.8. The summed E-state index contributed by atoms with van der Waals surface area (Å²) in [4.78, 5) is 4.25. The maximum absolute atomic E-state index is 4.05. The molecule has 2 heterocycles. The van der Waals surface area contributed by atoms with Gasteiger partial charge in [0.25, 0.3) is 0 Å². The number of aromatic nitrogens is 2. The van der Waals surface area contributed by atoms with Crippen LogP contribution >= 0.6 is 0 Å². The number of nitrogens with zero attached hydrogens (tertiary/aromatic N) is 4. The van der Waals surface area contributed by atoms with Crippen molar-refractivity contribution in [1.82, 2.24) is 18.9 Å². The Morgan fingerprint density at radius 1 is 1.11 bits per heavy atom. The van der Waals surface area contributed by atoms with Crippen molar-refractivity contribution in [3.63, 3.8) is 0 Å². The molecule has 0 spiro atoms. The topological polar surface area (TPSA) is 16.3 Å². The zero-order valence-electron chi connectivity index (χ0n) is 11.0. The summed E-state index contributed by atoms with van der Waals surface area (Å²) in [6, 6.07) is 0. The van der Waals surface area contributed by atoms with Gasteiger partial charge in [-0.25, -0.2) is 0 Å². The third-order valence-corrected chi connectivity index (χ3v) is 4.37. The van der Waals surface area contributed by atoms with E-state index in [1.807, 2.05) is 18.1 Å². The molecular weight excluding hydrogens is 291 g/mol. The molecule has 0 aliphatic carbocycles. The van der Waals surface area contributed by atoms with Gasteiger partial charge < -0.3 is 0 Å². The number of unbranched alkanes of at least 4 members (excludes halogenated alkanes) is 1. The van der Waals surface area contributed by atoms with E-state index in [-0.39, 0.29) is 0 Å². The molecule has 1 aliphatic rings. The summed E-state index contributed by atoms with van der Waals surface area (Å²) in [6.07, 6.45) is 10.7. The van der Waals surface area contributed by atoms with E-state index in [0.29, 0.717) is 0 Å². The van der Waals surface area contributed by atoms with Crippen LogP contribution in [0, 0.1) is 4.32 Å². The molecule has 0 atom stereocenters. The van der Waals surface area contributed by atoms with Gasteiger partial charge in [0.05, 0.1) is 0 Å². The third-order valence-electron chi connectivity index (χ3n) is 3.27. The molecule has 0 radical (unpaired) electrons. The third kappa shape index (κ3) is 2.79. The summed E-state index contributed by atoms with van der Waals surface area (Å²) in [5, 5.41) is 0. The van der Waals surface area contributed by atoms with Gasteiger partial charge >= 0.3 is 116 Å². The number of aryl methyl sites for hydroxylation is 2. The van der Waals surface area contributed by atoms with Gasteiger partial charge in [0.15, 0.2) is 0 Å². The van der Waals surface area contributed by atoms with Crippen LogP contribution < -0.4 is 0 Å². The molecule has 0 saturated heterocycles. The molecule has 5 heteroatoms. The van der Waals surface area contributed by atoms with Gasteiger partial charge in [-0.2, -0.15) is 0 Å². The van der Waals surface area contributed by atoms with Gasteiger partial charge in [0, 0.05) is 0 Å². The van der Waals surface area contributed by atoms with E-state index in [0.717, 1.165) is 18.9 Å². The molecule has 1 aliphatic heterocycles. The van der Waals surface area contributed by atoms with Crippen molar-refractivity contribution in [2.75, 3.05) is 13.6 Å². The Bertz CT molecular complexity index is 511. The molecular formula is C13H20N4Se. The summed E-state index contributed by atoms with van der Waals surface area (Å²) in [7, 11) is 4.08. The SMILES string of the molecule is C=C1N(C)C=CN1CCCCn1ccn(C)c1=[Se]. The van der Waals surface area contributed by atoms with Crippen molar-refractivity contribution in [2.24, 2.45) is 7.05 Å². The van der Waals surface area contributed by atoms with Gasteiger partial charge in [0.1, 0.15) is 0 Å². The summed E-state index contributed by atoms with van der Waals surface area (Å²) in [6.45, 7) is 6.14. The molecule has 98 valence electrons. The minimum atomic E-state index is 1.04. The van der Waals surface area contributed by atoms with Crippen LogP contribution in [0.2, 0.25) is 0 Å². The van der Waals surface area contributed by atoms with E-state index in [1.165, 1.54) is 17.2 Å². The Balaban J connectivity index is 1.74. The molecule has 0 aromatic carbocycles. The summed E-state index contributed by atoms with van der Waals surface area (Å²) >= 11 is 3.10. The van der Waals surface area contributed by atoms with Gasteiger partial charge in [-0.3, -0.25) is 0 Å². The first kappa shape index (κ1) is 13.2. The molecule has 1 aromatic heterocycles. The zero-order chi connectivity index (χ0) is 13.1. The van der Waals surface area contributed by atoms with Gasteiger partial charge in [-0.1, -0.05) is 0 Å². The van der Waals surface area contributed by atoms with Crippen molar-refractivity contribution in [3.8, 4) is 0 Å². The Hall–Kier alpha value is -1.19. The molecule has 4 nitrogen and oxygen atoms in total. The first-order chi connectivity index (χ1) is 8.59. The molecule has 0 N–H and O–H groups in total. The molecule has 18 heavy (non-hydrogen) atoms. The summed E-state index contributed by atoms with van der Waals surface area (Å²) < 4.78 is 5.53. The fraction of sp³-hybridized carbons (Fsp3) is 0.462. The number of rotatable bonds is 5.